The van der Waals surface area contributed by atoms with Crippen LogP contribution in [0.4, 0.5) is 0 Å². The summed E-state index contributed by atoms with van der Waals surface area (Å²) in [4.78, 5) is 21.3. The van der Waals surface area contributed by atoms with E-state index in [9.17, 15) is 4.79 Å². The van der Waals surface area contributed by atoms with Gasteiger partial charge in [0.1, 0.15) is 6.04 Å². The Hall–Kier alpha value is -1.73. The first-order valence-electron chi connectivity index (χ1n) is 7.91. The summed E-state index contributed by atoms with van der Waals surface area (Å²) >= 11 is 1.63. The average molecular weight is 333 g/mol. The van der Waals surface area contributed by atoms with Gasteiger partial charge in [0, 0.05) is 25.0 Å². The van der Waals surface area contributed by atoms with Gasteiger partial charge in [0.15, 0.2) is 5.82 Å². The fraction of sp³-hybridized carbons (Fsp3) is 0.562. The zero-order valence-corrected chi connectivity index (χ0v) is 14.1. The highest BCUT2D eigenvalue weighted by Crippen LogP contribution is 2.37. The Morgan fingerprint density at radius 3 is 3.04 bits per heavy atom. The number of likely N-dealkylation sites (tertiary alicyclic amines) is 1. The molecule has 1 aliphatic heterocycles. The van der Waals surface area contributed by atoms with Gasteiger partial charge in [-0.1, -0.05) is 5.16 Å². The number of hydrogen-bond donors (Lipinski definition) is 0. The van der Waals surface area contributed by atoms with Crippen molar-refractivity contribution in [3.63, 3.8) is 0 Å². The molecule has 2 aromatic rings. The standard InChI is InChI=1S/C16H19N3O3S/c1-9-17-15(22-18-9)12-7-11(21-2)8-19(12)16(20)14-6-10-4-3-5-13(10)23-14/h6,11-12H,3-5,7-8H2,1-2H3/t11-,12-/m1/s1. The molecule has 2 aromatic heterocycles. The molecule has 2 aliphatic rings. The highest BCUT2D eigenvalue weighted by atomic mass is 32.1. The lowest BCUT2D eigenvalue weighted by molar-refractivity contribution is 0.0675. The van der Waals surface area contributed by atoms with E-state index < -0.39 is 0 Å². The van der Waals surface area contributed by atoms with Crippen molar-refractivity contribution in [2.45, 2.75) is 44.8 Å². The van der Waals surface area contributed by atoms with Crippen LogP contribution in [0.15, 0.2) is 10.6 Å². The second-order valence-corrected chi connectivity index (χ2v) is 7.30. The van der Waals surface area contributed by atoms with E-state index in [-0.39, 0.29) is 18.1 Å². The van der Waals surface area contributed by atoms with Crippen molar-refractivity contribution in [2.75, 3.05) is 13.7 Å². The van der Waals surface area contributed by atoms with Crippen LogP contribution in [0.2, 0.25) is 0 Å². The van der Waals surface area contributed by atoms with Crippen LogP contribution in [0.25, 0.3) is 0 Å². The third-order valence-electron chi connectivity index (χ3n) is 4.64. The van der Waals surface area contributed by atoms with Crippen molar-refractivity contribution in [1.82, 2.24) is 15.0 Å². The molecule has 1 fully saturated rings. The van der Waals surface area contributed by atoms with Crippen molar-refractivity contribution in [3.05, 3.63) is 33.1 Å². The fourth-order valence-corrected chi connectivity index (χ4v) is 4.66. The van der Waals surface area contributed by atoms with Crippen LogP contribution < -0.4 is 0 Å². The minimum absolute atomic E-state index is 0.00275. The molecule has 0 bridgehead atoms. The molecule has 0 radical (unpaired) electrons. The maximum absolute atomic E-state index is 13.0. The second-order valence-electron chi connectivity index (χ2n) is 6.16. The number of methoxy groups -OCH3 is 1. The summed E-state index contributed by atoms with van der Waals surface area (Å²) in [6.07, 6.45) is 4.08. The Morgan fingerprint density at radius 2 is 2.35 bits per heavy atom. The van der Waals surface area contributed by atoms with Crippen LogP contribution >= 0.6 is 11.3 Å². The maximum atomic E-state index is 13.0. The number of carbonyl (C=O) groups is 1. The molecule has 0 saturated carbocycles. The molecular weight excluding hydrogens is 314 g/mol. The third-order valence-corrected chi connectivity index (χ3v) is 5.87. The fourth-order valence-electron chi connectivity index (χ4n) is 3.45. The normalized spacial score (nSPS) is 23.5. The molecule has 1 amide bonds. The summed E-state index contributed by atoms with van der Waals surface area (Å²) in [6, 6.07) is 1.86. The van der Waals surface area contributed by atoms with E-state index in [1.54, 1.807) is 25.4 Å². The van der Waals surface area contributed by atoms with Crippen LogP contribution in [0, 0.1) is 6.92 Å². The van der Waals surface area contributed by atoms with E-state index in [1.807, 2.05) is 4.90 Å². The SMILES string of the molecule is CO[C@@H]1C[C@H](c2nc(C)no2)N(C(=O)c2cc3c(s2)CCC3)C1. The van der Waals surface area contributed by atoms with Crippen molar-refractivity contribution in [2.24, 2.45) is 0 Å². The summed E-state index contributed by atoms with van der Waals surface area (Å²) < 4.78 is 10.8. The monoisotopic (exact) mass is 333 g/mol. The second kappa shape index (κ2) is 5.72. The molecule has 0 unspecified atom stereocenters. The lowest BCUT2D eigenvalue weighted by Gasteiger charge is -2.20. The van der Waals surface area contributed by atoms with Crippen molar-refractivity contribution in [1.29, 1.82) is 0 Å². The Morgan fingerprint density at radius 1 is 1.48 bits per heavy atom. The topological polar surface area (TPSA) is 68.5 Å². The molecule has 0 spiro atoms. The Labute approximate surface area is 138 Å². The van der Waals surface area contributed by atoms with E-state index in [2.05, 4.69) is 16.2 Å². The number of rotatable bonds is 3. The number of hydrogen-bond acceptors (Lipinski definition) is 6. The summed E-state index contributed by atoms with van der Waals surface area (Å²) in [5.74, 6) is 1.13. The lowest BCUT2D eigenvalue weighted by atomic mass is 10.2. The predicted molar refractivity (Wildman–Crippen MR) is 84.6 cm³/mol. The molecule has 0 aromatic carbocycles. The van der Waals surface area contributed by atoms with Crippen LogP contribution in [0.1, 0.15) is 50.7 Å². The third kappa shape index (κ3) is 2.57. The number of carbonyl (C=O) groups excluding carboxylic acids is 1. The molecule has 122 valence electrons. The number of aromatic nitrogens is 2. The first kappa shape index (κ1) is 14.8. The zero-order valence-electron chi connectivity index (χ0n) is 13.2. The van der Waals surface area contributed by atoms with Gasteiger partial charge in [-0.3, -0.25) is 4.79 Å². The minimum atomic E-state index is -0.203. The van der Waals surface area contributed by atoms with Crippen LogP contribution in [-0.2, 0) is 17.6 Å². The Kier molecular flexibility index (Phi) is 3.69. The lowest BCUT2D eigenvalue weighted by Crippen LogP contribution is -2.31. The number of ether oxygens (including phenoxy) is 1. The average Bonchev–Trinajstić information content (AvgIpc) is 3.28. The first-order chi connectivity index (χ1) is 11.2. The molecule has 0 N–H and O–H groups in total. The largest absolute Gasteiger partial charge is 0.380 e. The van der Waals surface area contributed by atoms with Gasteiger partial charge < -0.3 is 14.2 Å². The number of amides is 1. The van der Waals surface area contributed by atoms with Gasteiger partial charge in [-0.2, -0.15) is 4.98 Å². The molecule has 23 heavy (non-hydrogen) atoms. The van der Waals surface area contributed by atoms with Crippen molar-refractivity contribution < 1.29 is 14.1 Å². The van der Waals surface area contributed by atoms with E-state index in [0.717, 1.165) is 17.7 Å². The smallest absolute Gasteiger partial charge is 0.264 e. The maximum Gasteiger partial charge on any atom is 0.264 e. The van der Waals surface area contributed by atoms with Gasteiger partial charge in [-0.05, 0) is 37.8 Å². The number of nitrogens with zero attached hydrogens (tertiary/aromatic N) is 3. The molecule has 6 nitrogen and oxygen atoms in total. The van der Waals surface area contributed by atoms with Crippen LogP contribution in [0.5, 0.6) is 0 Å². The van der Waals surface area contributed by atoms with Gasteiger partial charge in [-0.15, -0.1) is 11.3 Å². The molecule has 1 aliphatic carbocycles. The number of aryl methyl sites for hydroxylation is 3. The van der Waals surface area contributed by atoms with Gasteiger partial charge >= 0.3 is 0 Å². The predicted octanol–water partition coefficient (Wildman–Crippen LogP) is 2.53. The zero-order chi connectivity index (χ0) is 16.0. The van der Waals surface area contributed by atoms with E-state index in [0.29, 0.717) is 24.7 Å². The van der Waals surface area contributed by atoms with E-state index in [1.165, 1.54) is 16.9 Å². The van der Waals surface area contributed by atoms with E-state index >= 15 is 0 Å². The van der Waals surface area contributed by atoms with Gasteiger partial charge in [0.05, 0.1) is 11.0 Å². The molecular formula is C16H19N3O3S. The van der Waals surface area contributed by atoms with Crippen LogP contribution in [-0.4, -0.2) is 40.7 Å². The van der Waals surface area contributed by atoms with Crippen molar-refractivity contribution in [3.8, 4) is 0 Å². The van der Waals surface area contributed by atoms with Gasteiger partial charge in [0.2, 0.25) is 5.89 Å². The van der Waals surface area contributed by atoms with Crippen molar-refractivity contribution >= 4 is 17.2 Å². The van der Waals surface area contributed by atoms with Crippen LogP contribution in [0.3, 0.4) is 0 Å². The highest BCUT2D eigenvalue weighted by molar-refractivity contribution is 7.14. The Bertz CT molecular complexity index is 717. The van der Waals surface area contributed by atoms with E-state index in [4.69, 9.17) is 9.26 Å². The summed E-state index contributed by atoms with van der Waals surface area (Å²) in [7, 11) is 1.68. The number of fused-ring (bicyclic) bond motifs is 1. The summed E-state index contributed by atoms with van der Waals surface area (Å²) in [5, 5.41) is 3.86. The molecule has 1 saturated heterocycles. The molecule has 4 rings (SSSR count). The number of thiophene rings is 1. The quantitative estimate of drug-likeness (QED) is 0.863. The van der Waals surface area contributed by atoms with Gasteiger partial charge in [-0.25, -0.2) is 0 Å². The first-order valence-corrected chi connectivity index (χ1v) is 8.73. The molecule has 2 atom stereocenters. The Balaban J connectivity index is 1.62. The summed E-state index contributed by atoms with van der Waals surface area (Å²) in [6.45, 7) is 2.34. The van der Waals surface area contributed by atoms with Gasteiger partial charge in [0.25, 0.3) is 5.91 Å². The minimum Gasteiger partial charge on any atom is -0.380 e. The highest BCUT2D eigenvalue weighted by Gasteiger charge is 2.40. The molecule has 7 heteroatoms. The summed E-state index contributed by atoms with van der Waals surface area (Å²) in [5.41, 5.74) is 1.34. The molecule has 3 heterocycles.